The minimum atomic E-state index is -3.25. The van der Waals surface area contributed by atoms with Gasteiger partial charge in [0, 0.05) is 0 Å². The van der Waals surface area contributed by atoms with Crippen molar-refractivity contribution in [2.75, 3.05) is 11.0 Å². The third-order valence-electron chi connectivity index (χ3n) is 2.13. The molecule has 0 aliphatic heterocycles. The largest absolute Gasteiger partial charge is 0.447 e. The molecule has 2 aromatic rings. The SMILES string of the molecule is Cc1cc(Oc2ccccc2)sc1NS(C)(=O)=O. The summed E-state index contributed by atoms with van der Waals surface area (Å²) in [6.07, 6.45) is 1.13. The summed E-state index contributed by atoms with van der Waals surface area (Å²) in [5, 5.41) is 1.24. The number of para-hydroxylation sites is 1. The minimum absolute atomic E-state index is 0.587. The highest BCUT2D eigenvalue weighted by molar-refractivity contribution is 7.92. The zero-order valence-electron chi connectivity index (χ0n) is 10.0. The summed E-state index contributed by atoms with van der Waals surface area (Å²) in [6.45, 7) is 1.84. The first-order valence-electron chi connectivity index (χ1n) is 5.25. The van der Waals surface area contributed by atoms with Crippen LogP contribution in [0.25, 0.3) is 0 Å². The molecule has 6 heteroatoms. The molecule has 1 aromatic heterocycles. The average Bonchev–Trinajstić information content (AvgIpc) is 2.58. The fraction of sp³-hybridized carbons (Fsp3) is 0.167. The van der Waals surface area contributed by atoms with Gasteiger partial charge in [-0.2, -0.15) is 0 Å². The van der Waals surface area contributed by atoms with Crippen molar-refractivity contribution in [1.82, 2.24) is 0 Å². The van der Waals surface area contributed by atoms with E-state index in [0.717, 1.165) is 17.6 Å². The van der Waals surface area contributed by atoms with Gasteiger partial charge in [-0.1, -0.05) is 29.5 Å². The topological polar surface area (TPSA) is 55.4 Å². The molecular formula is C12H13NO3S2. The second-order valence-corrected chi connectivity index (χ2v) is 6.63. The number of thiophene rings is 1. The first-order chi connectivity index (χ1) is 8.44. The van der Waals surface area contributed by atoms with Gasteiger partial charge in [-0.15, -0.1) is 0 Å². The van der Waals surface area contributed by atoms with Gasteiger partial charge in [0.15, 0.2) is 5.06 Å². The van der Waals surface area contributed by atoms with Crippen molar-refractivity contribution in [3.63, 3.8) is 0 Å². The van der Waals surface area contributed by atoms with Gasteiger partial charge < -0.3 is 4.74 Å². The first-order valence-corrected chi connectivity index (χ1v) is 7.96. The molecule has 18 heavy (non-hydrogen) atoms. The zero-order chi connectivity index (χ0) is 13.2. The second kappa shape index (κ2) is 4.99. The van der Waals surface area contributed by atoms with Crippen LogP contribution >= 0.6 is 11.3 Å². The Morgan fingerprint density at radius 1 is 1.22 bits per heavy atom. The van der Waals surface area contributed by atoms with Crippen molar-refractivity contribution in [1.29, 1.82) is 0 Å². The summed E-state index contributed by atoms with van der Waals surface area (Å²) in [5.74, 6) is 0.727. The van der Waals surface area contributed by atoms with E-state index < -0.39 is 10.0 Å². The molecule has 0 amide bonds. The third kappa shape index (κ3) is 3.48. The lowest BCUT2D eigenvalue weighted by Gasteiger charge is -2.01. The van der Waals surface area contributed by atoms with E-state index in [1.165, 1.54) is 11.3 Å². The predicted octanol–water partition coefficient (Wildman–Crippen LogP) is 3.22. The summed E-state index contributed by atoms with van der Waals surface area (Å²) in [5.41, 5.74) is 0.844. The predicted molar refractivity (Wildman–Crippen MR) is 74.0 cm³/mol. The van der Waals surface area contributed by atoms with E-state index in [4.69, 9.17) is 4.74 Å². The van der Waals surface area contributed by atoms with Crippen molar-refractivity contribution in [3.8, 4) is 10.8 Å². The molecule has 0 aliphatic carbocycles. The molecule has 0 unspecified atom stereocenters. The molecule has 0 fully saturated rings. The minimum Gasteiger partial charge on any atom is -0.447 e. The van der Waals surface area contributed by atoms with Crippen LogP contribution < -0.4 is 9.46 Å². The molecule has 0 bridgehead atoms. The average molecular weight is 283 g/mol. The highest BCUT2D eigenvalue weighted by atomic mass is 32.2. The van der Waals surface area contributed by atoms with Crippen LogP contribution in [0.15, 0.2) is 36.4 Å². The third-order valence-corrected chi connectivity index (χ3v) is 3.87. The Kier molecular flexibility index (Phi) is 3.58. The van der Waals surface area contributed by atoms with Crippen LogP contribution in [0.1, 0.15) is 5.56 Å². The molecule has 0 atom stereocenters. The Labute approximate surface area is 110 Å². The molecule has 4 nitrogen and oxygen atoms in total. The van der Waals surface area contributed by atoms with Crippen molar-refractivity contribution < 1.29 is 13.2 Å². The van der Waals surface area contributed by atoms with Gasteiger partial charge in [-0.25, -0.2) is 8.42 Å². The number of hydrogen-bond acceptors (Lipinski definition) is 4. The molecule has 0 saturated carbocycles. The molecule has 1 N–H and O–H groups in total. The number of sulfonamides is 1. The molecule has 0 aliphatic rings. The van der Waals surface area contributed by atoms with Crippen LogP contribution in [0, 0.1) is 6.92 Å². The number of nitrogens with one attached hydrogen (secondary N) is 1. The van der Waals surface area contributed by atoms with Crippen LogP contribution in [-0.4, -0.2) is 14.7 Å². The Morgan fingerprint density at radius 2 is 1.89 bits per heavy atom. The highest BCUT2D eigenvalue weighted by Crippen LogP contribution is 2.36. The Hall–Kier alpha value is -1.53. The number of aryl methyl sites for hydroxylation is 1. The van der Waals surface area contributed by atoms with Crippen LogP contribution in [-0.2, 0) is 10.0 Å². The zero-order valence-corrected chi connectivity index (χ0v) is 11.6. The molecule has 0 radical (unpaired) electrons. The fourth-order valence-corrected chi connectivity index (χ4v) is 3.29. The Morgan fingerprint density at radius 3 is 2.50 bits per heavy atom. The van der Waals surface area contributed by atoms with Crippen molar-refractivity contribution in [2.45, 2.75) is 6.92 Å². The number of ether oxygens (including phenoxy) is 1. The summed E-state index contributed by atoms with van der Waals surface area (Å²) < 4.78 is 30.5. The van der Waals surface area contributed by atoms with Gasteiger partial charge in [0.05, 0.1) is 6.26 Å². The van der Waals surface area contributed by atoms with E-state index in [0.29, 0.717) is 10.1 Å². The maximum Gasteiger partial charge on any atom is 0.230 e. The first kappa shape index (κ1) is 12.9. The number of anilines is 1. The smallest absolute Gasteiger partial charge is 0.230 e. The van der Waals surface area contributed by atoms with Crippen LogP contribution in [0.3, 0.4) is 0 Å². The Bertz CT molecular complexity index is 633. The fourth-order valence-electron chi connectivity index (χ4n) is 1.38. The van der Waals surface area contributed by atoms with E-state index in [1.807, 2.05) is 43.3 Å². The quantitative estimate of drug-likeness (QED) is 0.937. The lowest BCUT2D eigenvalue weighted by molar-refractivity contribution is 0.496. The van der Waals surface area contributed by atoms with Crippen molar-refractivity contribution in [2.24, 2.45) is 0 Å². The summed E-state index contributed by atoms with van der Waals surface area (Å²) in [7, 11) is -3.25. The molecule has 1 heterocycles. The van der Waals surface area contributed by atoms with Crippen LogP contribution in [0.4, 0.5) is 5.00 Å². The van der Waals surface area contributed by atoms with Crippen LogP contribution in [0.5, 0.6) is 10.8 Å². The van der Waals surface area contributed by atoms with Gasteiger partial charge in [-0.3, -0.25) is 4.72 Å². The molecule has 0 spiro atoms. The van der Waals surface area contributed by atoms with Gasteiger partial charge in [0.2, 0.25) is 10.0 Å². The lowest BCUT2D eigenvalue weighted by atomic mass is 10.3. The molecular weight excluding hydrogens is 270 g/mol. The molecule has 1 aromatic carbocycles. The number of benzene rings is 1. The maximum atomic E-state index is 11.2. The van der Waals surface area contributed by atoms with Crippen LogP contribution in [0.2, 0.25) is 0 Å². The monoisotopic (exact) mass is 283 g/mol. The van der Waals surface area contributed by atoms with E-state index in [-0.39, 0.29) is 0 Å². The van der Waals surface area contributed by atoms with Gasteiger partial charge >= 0.3 is 0 Å². The van der Waals surface area contributed by atoms with Gasteiger partial charge in [0.1, 0.15) is 10.8 Å². The van der Waals surface area contributed by atoms with Crippen molar-refractivity contribution in [3.05, 3.63) is 42.0 Å². The van der Waals surface area contributed by atoms with Gasteiger partial charge in [-0.05, 0) is 30.7 Å². The highest BCUT2D eigenvalue weighted by Gasteiger charge is 2.10. The van der Waals surface area contributed by atoms with Crippen molar-refractivity contribution >= 4 is 26.4 Å². The second-order valence-electron chi connectivity index (χ2n) is 3.87. The standard InChI is InChI=1S/C12H13NO3S2/c1-9-8-11(16-10-6-4-3-5-7-10)17-12(9)13-18(2,14)15/h3-8,13H,1-2H3. The van der Waals surface area contributed by atoms with Gasteiger partial charge in [0.25, 0.3) is 0 Å². The molecule has 0 saturated heterocycles. The number of hydrogen-bond donors (Lipinski definition) is 1. The Balaban J connectivity index is 2.19. The summed E-state index contributed by atoms with van der Waals surface area (Å²) in [6, 6.07) is 11.2. The lowest BCUT2D eigenvalue weighted by Crippen LogP contribution is -2.08. The molecule has 2 rings (SSSR count). The maximum absolute atomic E-state index is 11.2. The molecule has 96 valence electrons. The summed E-state index contributed by atoms with van der Waals surface area (Å²) >= 11 is 1.27. The summed E-state index contributed by atoms with van der Waals surface area (Å²) in [4.78, 5) is 0. The van der Waals surface area contributed by atoms with E-state index in [1.54, 1.807) is 0 Å². The number of rotatable bonds is 4. The van der Waals surface area contributed by atoms with E-state index >= 15 is 0 Å². The van der Waals surface area contributed by atoms with E-state index in [2.05, 4.69) is 4.72 Å². The normalized spacial score (nSPS) is 11.2. The van der Waals surface area contributed by atoms with E-state index in [9.17, 15) is 8.42 Å².